The van der Waals surface area contributed by atoms with Gasteiger partial charge in [0.1, 0.15) is 5.75 Å². The Morgan fingerprint density at radius 3 is 2.56 bits per heavy atom. The summed E-state index contributed by atoms with van der Waals surface area (Å²) in [4.78, 5) is 0. The minimum atomic E-state index is -4.18. The van der Waals surface area contributed by atoms with Gasteiger partial charge in [-0.15, -0.1) is 0 Å². The van der Waals surface area contributed by atoms with E-state index in [1.807, 2.05) is 6.92 Å². The highest BCUT2D eigenvalue weighted by Crippen LogP contribution is 2.29. The summed E-state index contributed by atoms with van der Waals surface area (Å²) in [6.07, 6.45) is -5.16. The summed E-state index contributed by atoms with van der Waals surface area (Å²) in [6, 6.07) is 4.71. The summed E-state index contributed by atoms with van der Waals surface area (Å²) in [5.41, 5.74) is 4.01. The molecule has 0 heterocycles. The number of hydrogen-bond acceptors (Lipinski definition) is 3. The van der Waals surface area contributed by atoms with Crippen molar-refractivity contribution in [2.75, 3.05) is 7.11 Å². The summed E-state index contributed by atoms with van der Waals surface area (Å²) < 4.78 is 41.7. The Hall–Kier alpha value is -1.27. The number of methoxy groups -OCH3 is 1. The number of hydrogen-bond donors (Lipinski definition) is 2. The second-order valence-corrected chi connectivity index (χ2v) is 4.10. The molecule has 0 amide bonds. The monoisotopic (exact) mass is 262 g/mol. The van der Waals surface area contributed by atoms with Crippen LogP contribution in [0.15, 0.2) is 18.2 Å². The van der Waals surface area contributed by atoms with Gasteiger partial charge in [-0.1, -0.05) is 12.1 Å². The van der Waals surface area contributed by atoms with Gasteiger partial charge in [-0.05, 0) is 30.5 Å². The Morgan fingerprint density at radius 1 is 1.39 bits per heavy atom. The van der Waals surface area contributed by atoms with Gasteiger partial charge in [0.25, 0.3) is 0 Å². The van der Waals surface area contributed by atoms with E-state index in [9.17, 15) is 13.2 Å². The molecule has 1 atom stereocenters. The van der Waals surface area contributed by atoms with Crippen molar-refractivity contribution in [2.24, 2.45) is 5.84 Å². The van der Waals surface area contributed by atoms with Crippen LogP contribution in [0.1, 0.15) is 30.0 Å². The number of hydrazine groups is 1. The molecule has 3 N–H and O–H groups in total. The maximum absolute atomic E-state index is 12.2. The van der Waals surface area contributed by atoms with Gasteiger partial charge in [0.15, 0.2) is 0 Å². The van der Waals surface area contributed by atoms with Crippen molar-refractivity contribution in [1.29, 1.82) is 0 Å². The van der Waals surface area contributed by atoms with Gasteiger partial charge in [-0.3, -0.25) is 11.3 Å². The molecular formula is C12H17F3N2O. The Balaban J connectivity index is 2.82. The Bertz CT molecular complexity index is 393. The summed E-state index contributed by atoms with van der Waals surface area (Å²) >= 11 is 0. The molecule has 0 aliphatic carbocycles. The molecule has 0 saturated heterocycles. The number of benzene rings is 1. The second-order valence-electron chi connectivity index (χ2n) is 4.10. The number of alkyl halides is 3. The minimum Gasteiger partial charge on any atom is -0.496 e. The van der Waals surface area contributed by atoms with Crippen LogP contribution in [0.2, 0.25) is 0 Å². The molecular weight excluding hydrogens is 245 g/mol. The predicted octanol–water partition coefficient (Wildman–Crippen LogP) is 2.85. The fourth-order valence-corrected chi connectivity index (χ4v) is 1.71. The molecule has 6 heteroatoms. The molecule has 102 valence electrons. The first kappa shape index (κ1) is 14.8. The molecule has 0 fully saturated rings. The van der Waals surface area contributed by atoms with E-state index >= 15 is 0 Å². The van der Waals surface area contributed by atoms with Gasteiger partial charge in [-0.25, -0.2) is 0 Å². The molecule has 0 aromatic heterocycles. The molecule has 1 unspecified atom stereocenters. The van der Waals surface area contributed by atoms with Gasteiger partial charge in [0.2, 0.25) is 0 Å². The van der Waals surface area contributed by atoms with E-state index < -0.39 is 18.6 Å². The highest BCUT2D eigenvalue weighted by atomic mass is 19.4. The molecule has 0 aliphatic heterocycles. The molecule has 0 radical (unpaired) electrons. The fourth-order valence-electron chi connectivity index (χ4n) is 1.71. The lowest BCUT2D eigenvalue weighted by atomic mass is 10.0. The zero-order valence-electron chi connectivity index (χ0n) is 10.3. The van der Waals surface area contributed by atoms with Crippen molar-refractivity contribution in [3.63, 3.8) is 0 Å². The zero-order chi connectivity index (χ0) is 13.8. The molecule has 0 bridgehead atoms. The number of nitrogens with two attached hydrogens (primary N) is 1. The van der Waals surface area contributed by atoms with E-state index in [1.54, 1.807) is 18.2 Å². The first-order chi connectivity index (χ1) is 8.37. The van der Waals surface area contributed by atoms with Crippen LogP contribution in [0.3, 0.4) is 0 Å². The number of nitrogens with one attached hydrogen (secondary N) is 1. The van der Waals surface area contributed by atoms with Crippen molar-refractivity contribution in [3.8, 4) is 5.75 Å². The topological polar surface area (TPSA) is 47.3 Å². The van der Waals surface area contributed by atoms with Crippen LogP contribution >= 0.6 is 0 Å². The lowest BCUT2D eigenvalue weighted by Gasteiger charge is -2.18. The van der Waals surface area contributed by atoms with E-state index in [0.29, 0.717) is 11.3 Å². The zero-order valence-corrected chi connectivity index (χ0v) is 10.3. The van der Waals surface area contributed by atoms with Crippen molar-refractivity contribution >= 4 is 0 Å². The highest BCUT2D eigenvalue weighted by Gasteiger charge is 2.28. The molecule has 1 rings (SSSR count). The van der Waals surface area contributed by atoms with Crippen molar-refractivity contribution in [2.45, 2.75) is 32.0 Å². The van der Waals surface area contributed by atoms with Crippen molar-refractivity contribution in [1.82, 2.24) is 5.43 Å². The quantitative estimate of drug-likeness (QED) is 0.633. The van der Waals surface area contributed by atoms with Crippen LogP contribution < -0.4 is 16.0 Å². The van der Waals surface area contributed by atoms with Gasteiger partial charge < -0.3 is 4.74 Å². The Kier molecular flexibility index (Phi) is 4.98. The second kappa shape index (κ2) is 6.06. The number of rotatable bonds is 5. The van der Waals surface area contributed by atoms with E-state index in [2.05, 4.69) is 5.43 Å². The minimum absolute atomic E-state index is 0.105. The largest absolute Gasteiger partial charge is 0.496 e. The predicted molar refractivity (Wildman–Crippen MR) is 63.1 cm³/mol. The molecule has 18 heavy (non-hydrogen) atoms. The van der Waals surface area contributed by atoms with Crippen LogP contribution in [-0.2, 0) is 0 Å². The third-order valence-corrected chi connectivity index (χ3v) is 2.75. The summed E-state index contributed by atoms with van der Waals surface area (Å²) in [7, 11) is 1.52. The lowest BCUT2D eigenvalue weighted by molar-refractivity contribution is -0.136. The van der Waals surface area contributed by atoms with Crippen LogP contribution in [0.25, 0.3) is 0 Å². The first-order valence-corrected chi connectivity index (χ1v) is 5.55. The molecule has 0 aliphatic rings. The summed E-state index contributed by atoms with van der Waals surface area (Å²) in [5, 5.41) is 0. The average Bonchev–Trinajstić information content (AvgIpc) is 2.30. The van der Waals surface area contributed by atoms with Crippen molar-refractivity contribution in [3.05, 3.63) is 29.3 Å². The number of halogens is 3. The SMILES string of the molecule is COc1cc(C(CCC(F)(F)F)NN)ccc1C. The maximum Gasteiger partial charge on any atom is 0.389 e. The van der Waals surface area contributed by atoms with E-state index in [4.69, 9.17) is 10.6 Å². The lowest BCUT2D eigenvalue weighted by Crippen LogP contribution is -2.29. The number of aryl methyl sites for hydroxylation is 1. The number of ether oxygens (including phenoxy) is 1. The van der Waals surface area contributed by atoms with Crippen LogP contribution in [0.5, 0.6) is 5.75 Å². The maximum atomic E-state index is 12.2. The summed E-state index contributed by atoms with van der Waals surface area (Å²) in [6.45, 7) is 1.86. The van der Waals surface area contributed by atoms with Gasteiger partial charge >= 0.3 is 6.18 Å². The average molecular weight is 262 g/mol. The van der Waals surface area contributed by atoms with Crippen molar-refractivity contribution < 1.29 is 17.9 Å². The molecule has 0 saturated carbocycles. The van der Waals surface area contributed by atoms with Crippen LogP contribution in [0.4, 0.5) is 13.2 Å². The third kappa shape index (κ3) is 4.19. The molecule has 3 nitrogen and oxygen atoms in total. The van der Waals surface area contributed by atoms with E-state index in [-0.39, 0.29) is 6.42 Å². The fraction of sp³-hybridized carbons (Fsp3) is 0.500. The van der Waals surface area contributed by atoms with Gasteiger partial charge in [0, 0.05) is 12.5 Å². The molecule has 1 aromatic rings. The third-order valence-electron chi connectivity index (χ3n) is 2.75. The molecule has 1 aromatic carbocycles. The smallest absolute Gasteiger partial charge is 0.389 e. The normalized spacial score (nSPS) is 13.4. The van der Waals surface area contributed by atoms with E-state index in [0.717, 1.165) is 5.56 Å². The Labute approximate surface area is 104 Å². The molecule has 0 spiro atoms. The van der Waals surface area contributed by atoms with E-state index in [1.165, 1.54) is 7.11 Å². The standard InChI is InChI=1S/C12H17F3N2O/c1-8-3-4-9(7-11(8)18-2)10(17-16)5-6-12(13,14)15/h3-4,7,10,17H,5-6,16H2,1-2H3. The first-order valence-electron chi connectivity index (χ1n) is 5.55. The summed E-state index contributed by atoms with van der Waals surface area (Å²) in [5.74, 6) is 5.94. The van der Waals surface area contributed by atoms with Crippen LogP contribution in [-0.4, -0.2) is 13.3 Å². The highest BCUT2D eigenvalue weighted by molar-refractivity contribution is 5.37. The van der Waals surface area contributed by atoms with Gasteiger partial charge in [0.05, 0.1) is 7.11 Å². The Morgan fingerprint density at radius 2 is 2.06 bits per heavy atom. The van der Waals surface area contributed by atoms with Gasteiger partial charge in [-0.2, -0.15) is 13.2 Å². The van der Waals surface area contributed by atoms with Crippen LogP contribution in [0, 0.1) is 6.92 Å².